The Balaban J connectivity index is 2.94. The maximum absolute atomic E-state index is 5.70. The molecule has 0 amide bonds. The van der Waals surface area contributed by atoms with E-state index in [1.807, 2.05) is 20.0 Å². The van der Waals surface area contributed by atoms with Gasteiger partial charge >= 0.3 is 0 Å². The average molecular weight is 194 g/mol. The van der Waals surface area contributed by atoms with Gasteiger partial charge in [-0.1, -0.05) is 0 Å². The summed E-state index contributed by atoms with van der Waals surface area (Å²) in [6.45, 7) is 6.72. The van der Waals surface area contributed by atoms with Gasteiger partial charge in [0.05, 0.1) is 0 Å². The quantitative estimate of drug-likeness (QED) is 0.778. The highest BCUT2D eigenvalue weighted by Gasteiger charge is 2.22. The van der Waals surface area contributed by atoms with E-state index >= 15 is 0 Å². The summed E-state index contributed by atoms with van der Waals surface area (Å²) < 4.78 is 0. The Morgan fingerprint density at radius 1 is 1.43 bits per heavy atom. The summed E-state index contributed by atoms with van der Waals surface area (Å²) >= 11 is 0. The molecule has 0 atom stereocenters. The second-order valence-corrected chi connectivity index (χ2v) is 4.09. The van der Waals surface area contributed by atoms with Crippen molar-refractivity contribution >= 4 is 5.82 Å². The number of hydrogen-bond donors (Lipinski definition) is 1. The summed E-state index contributed by atoms with van der Waals surface area (Å²) in [7, 11) is 1.99. The van der Waals surface area contributed by atoms with Crippen LogP contribution in [0.1, 0.15) is 19.5 Å². The van der Waals surface area contributed by atoms with Crippen LogP contribution < -0.4 is 10.6 Å². The molecule has 1 rings (SSSR count). The molecule has 0 bridgehead atoms. The Labute approximate surface area is 85.2 Å². The van der Waals surface area contributed by atoms with Crippen molar-refractivity contribution in [1.29, 1.82) is 0 Å². The number of nitrogens with zero attached hydrogens (tertiary/aromatic N) is 3. The molecule has 0 aromatic carbocycles. The number of aromatic nitrogens is 2. The standard InChI is InChI=1S/C10H18N4/c1-8-5-9(13-7-12-8)14(4)10(2,3)6-11/h5,7H,6,11H2,1-4H3. The highest BCUT2D eigenvalue weighted by atomic mass is 15.2. The fourth-order valence-corrected chi connectivity index (χ4v) is 1.07. The molecule has 78 valence electrons. The lowest BCUT2D eigenvalue weighted by molar-refractivity contribution is 0.494. The molecule has 0 saturated heterocycles. The Hall–Kier alpha value is -1.16. The van der Waals surface area contributed by atoms with Crippen molar-refractivity contribution < 1.29 is 0 Å². The van der Waals surface area contributed by atoms with E-state index in [-0.39, 0.29) is 5.54 Å². The molecule has 0 aliphatic rings. The molecular weight excluding hydrogens is 176 g/mol. The zero-order valence-electron chi connectivity index (χ0n) is 9.28. The maximum Gasteiger partial charge on any atom is 0.132 e. The third kappa shape index (κ3) is 2.20. The summed E-state index contributed by atoms with van der Waals surface area (Å²) in [6.07, 6.45) is 1.58. The van der Waals surface area contributed by atoms with Crippen molar-refractivity contribution in [2.24, 2.45) is 5.73 Å². The monoisotopic (exact) mass is 194 g/mol. The van der Waals surface area contributed by atoms with Gasteiger partial charge in [0, 0.05) is 30.9 Å². The fourth-order valence-electron chi connectivity index (χ4n) is 1.07. The van der Waals surface area contributed by atoms with Gasteiger partial charge in [-0.15, -0.1) is 0 Å². The van der Waals surface area contributed by atoms with Crippen LogP contribution in [-0.4, -0.2) is 29.1 Å². The van der Waals surface area contributed by atoms with Gasteiger partial charge in [0.2, 0.25) is 0 Å². The number of nitrogens with two attached hydrogens (primary N) is 1. The molecule has 1 aromatic rings. The van der Waals surface area contributed by atoms with Crippen LogP contribution in [0.15, 0.2) is 12.4 Å². The number of anilines is 1. The topological polar surface area (TPSA) is 55.0 Å². The first-order valence-corrected chi connectivity index (χ1v) is 4.70. The van der Waals surface area contributed by atoms with Crippen molar-refractivity contribution in [1.82, 2.24) is 9.97 Å². The minimum absolute atomic E-state index is 0.0825. The SMILES string of the molecule is Cc1cc(N(C)C(C)(C)CN)ncn1. The van der Waals surface area contributed by atoms with Crippen molar-refractivity contribution in [2.45, 2.75) is 26.3 Å². The van der Waals surface area contributed by atoms with Gasteiger partial charge in [-0.05, 0) is 20.8 Å². The zero-order chi connectivity index (χ0) is 10.8. The van der Waals surface area contributed by atoms with Gasteiger partial charge < -0.3 is 10.6 Å². The van der Waals surface area contributed by atoms with Gasteiger partial charge in [-0.3, -0.25) is 0 Å². The van der Waals surface area contributed by atoms with Gasteiger partial charge in [-0.25, -0.2) is 9.97 Å². The van der Waals surface area contributed by atoms with E-state index in [0.29, 0.717) is 6.54 Å². The Morgan fingerprint density at radius 3 is 2.57 bits per heavy atom. The van der Waals surface area contributed by atoms with E-state index in [1.165, 1.54) is 0 Å². The summed E-state index contributed by atoms with van der Waals surface area (Å²) in [6, 6.07) is 1.96. The minimum atomic E-state index is -0.0825. The third-order valence-electron chi connectivity index (χ3n) is 2.54. The van der Waals surface area contributed by atoms with Gasteiger partial charge in [0.15, 0.2) is 0 Å². The van der Waals surface area contributed by atoms with Crippen molar-refractivity contribution in [3.05, 3.63) is 18.1 Å². The molecule has 0 aliphatic carbocycles. The largest absolute Gasteiger partial charge is 0.353 e. The highest BCUT2D eigenvalue weighted by molar-refractivity contribution is 5.40. The average Bonchev–Trinajstić information content (AvgIpc) is 2.16. The van der Waals surface area contributed by atoms with Crippen molar-refractivity contribution in [3.63, 3.8) is 0 Å². The van der Waals surface area contributed by atoms with E-state index in [2.05, 4.69) is 28.7 Å². The van der Waals surface area contributed by atoms with Crippen LogP contribution in [0, 0.1) is 6.92 Å². The molecule has 14 heavy (non-hydrogen) atoms. The molecule has 0 aliphatic heterocycles. The van der Waals surface area contributed by atoms with Crippen LogP contribution >= 0.6 is 0 Å². The summed E-state index contributed by atoms with van der Waals surface area (Å²) in [5.74, 6) is 0.910. The van der Waals surface area contributed by atoms with Crippen LogP contribution in [0.4, 0.5) is 5.82 Å². The summed E-state index contributed by atoms with van der Waals surface area (Å²) in [5.41, 5.74) is 6.58. The molecule has 0 fully saturated rings. The zero-order valence-corrected chi connectivity index (χ0v) is 9.28. The molecule has 0 unspecified atom stereocenters. The second-order valence-electron chi connectivity index (χ2n) is 4.09. The van der Waals surface area contributed by atoms with E-state index in [0.717, 1.165) is 11.5 Å². The first-order chi connectivity index (χ1) is 6.47. The van der Waals surface area contributed by atoms with Gasteiger partial charge in [-0.2, -0.15) is 0 Å². The number of aryl methyl sites for hydroxylation is 1. The molecule has 0 radical (unpaired) electrons. The lowest BCUT2D eigenvalue weighted by Crippen LogP contribution is -2.47. The van der Waals surface area contributed by atoms with E-state index in [1.54, 1.807) is 6.33 Å². The molecule has 4 heteroatoms. The lowest BCUT2D eigenvalue weighted by Gasteiger charge is -2.35. The number of likely N-dealkylation sites (N-methyl/N-ethyl adjacent to an activating group) is 1. The highest BCUT2D eigenvalue weighted by Crippen LogP contribution is 2.18. The molecular formula is C10H18N4. The first kappa shape index (κ1) is 10.9. The van der Waals surface area contributed by atoms with Crippen LogP contribution in [0.2, 0.25) is 0 Å². The van der Waals surface area contributed by atoms with E-state index in [4.69, 9.17) is 5.73 Å². The van der Waals surface area contributed by atoms with Gasteiger partial charge in [0.1, 0.15) is 12.1 Å². The van der Waals surface area contributed by atoms with Crippen LogP contribution in [-0.2, 0) is 0 Å². The smallest absolute Gasteiger partial charge is 0.132 e. The Kier molecular flexibility index (Phi) is 3.06. The summed E-state index contributed by atoms with van der Waals surface area (Å²) in [4.78, 5) is 10.3. The third-order valence-corrected chi connectivity index (χ3v) is 2.54. The predicted octanol–water partition coefficient (Wildman–Crippen LogP) is 0.959. The van der Waals surface area contributed by atoms with Gasteiger partial charge in [0.25, 0.3) is 0 Å². The van der Waals surface area contributed by atoms with Crippen molar-refractivity contribution in [3.8, 4) is 0 Å². The molecule has 4 nitrogen and oxygen atoms in total. The van der Waals surface area contributed by atoms with E-state index < -0.39 is 0 Å². The molecule has 1 aromatic heterocycles. The molecule has 0 spiro atoms. The van der Waals surface area contributed by atoms with Crippen LogP contribution in [0.3, 0.4) is 0 Å². The molecule has 0 saturated carbocycles. The Morgan fingerprint density at radius 2 is 2.07 bits per heavy atom. The Bertz CT molecular complexity index is 309. The molecule has 2 N–H and O–H groups in total. The summed E-state index contributed by atoms with van der Waals surface area (Å²) in [5, 5.41) is 0. The number of hydrogen-bond acceptors (Lipinski definition) is 4. The van der Waals surface area contributed by atoms with Crippen LogP contribution in [0.5, 0.6) is 0 Å². The first-order valence-electron chi connectivity index (χ1n) is 4.70. The van der Waals surface area contributed by atoms with Crippen LogP contribution in [0.25, 0.3) is 0 Å². The molecule has 1 heterocycles. The minimum Gasteiger partial charge on any atom is -0.353 e. The predicted molar refractivity (Wildman–Crippen MR) is 58.3 cm³/mol. The normalized spacial score (nSPS) is 11.5. The second kappa shape index (κ2) is 3.92. The fraction of sp³-hybridized carbons (Fsp3) is 0.600. The van der Waals surface area contributed by atoms with E-state index in [9.17, 15) is 0 Å². The maximum atomic E-state index is 5.70. The lowest BCUT2D eigenvalue weighted by atomic mass is 10.0. The van der Waals surface area contributed by atoms with Crippen molar-refractivity contribution in [2.75, 3.05) is 18.5 Å². The number of rotatable bonds is 3.